The number of carbonyl (C=O) groups is 2. The van der Waals surface area contributed by atoms with Crippen molar-refractivity contribution in [3.63, 3.8) is 0 Å². The second-order valence-electron chi connectivity index (χ2n) is 7.75. The van der Waals surface area contributed by atoms with Crippen LogP contribution in [0.4, 0.5) is 4.39 Å². The molecule has 154 valence electrons. The highest BCUT2D eigenvalue weighted by Crippen LogP contribution is 2.38. The van der Waals surface area contributed by atoms with Gasteiger partial charge in [-0.1, -0.05) is 29.8 Å². The highest BCUT2D eigenvalue weighted by Gasteiger charge is 2.41. The summed E-state index contributed by atoms with van der Waals surface area (Å²) < 4.78 is 15.4. The van der Waals surface area contributed by atoms with Crippen LogP contribution >= 0.6 is 0 Å². The fourth-order valence-corrected chi connectivity index (χ4v) is 4.33. The number of carbonyl (C=O) groups excluding carboxylic acids is 2. The Morgan fingerprint density at radius 3 is 2.60 bits per heavy atom. The van der Waals surface area contributed by atoms with Gasteiger partial charge in [-0.15, -0.1) is 0 Å². The van der Waals surface area contributed by atoms with Crippen molar-refractivity contribution in [2.75, 3.05) is 0 Å². The summed E-state index contributed by atoms with van der Waals surface area (Å²) in [5.41, 5.74) is 4.89. The van der Waals surface area contributed by atoms with Crippen molar-refractivity contribution in [2.45, 2.75) is 45.7 Å². The molecule has 1 aliphatic carbocycles. The number of hydrogen-bond donors (Lipinski definition) is 1. The molecule has 1 aliphatic rings. The Kier molecular flexibility index (Phi) is 5.24. The molecule has 0 spiro atoms. The molecule has 1 amide bonds. The topological polar surface area (TPSA) is 64.0 Å². The third-order valence-electron chi connectivity index (χ3n) is 5.71. The second-order valence-corrected chi connectivity index (χ2v) is 7.75. The number of nitrogens with zero attached hydrogens (tertiary/aromatic N) is 2. The fourth-order valence-electron chi connectivity index (χ4n) is 4.33. The van der Waals surface area contributed by atoms with Gasteiger partial charge in [-0.2, -0.15) is 5.10 Å². The first-order chi connectivity index (χ1) is 14.4. The molecule has 2 atom stereocenters. The van der Waals surface area contributed by atoms with Gasteiger partial charge in [0.2, 0.25) is 0 Å². The minimum atomic E-state index is -0.746. The first-order valence-corrected chi connectivity index (χ1v) is 10.1. The lowest BCUT2D eigenvalue weighted by Gasteiger charge is -2.32. The summed E-state index contributed by atoms with van der Waals surface area (Å²) in [5, 5.41) is 7.55. The molecule has 5 nitrogen and oxygen atoms in total. The van der Waals surface area contributed by atoms with Gasteiger partial charge in [0.05, 0.1) is 18.2 Å². The molecular weight excluding hydrogens is 381 g/mol. The van der Waals surface area contributed by atoms with E-state index in [9.17, 15) is 14.0 Å². The first-order valence-electron chi connectivity index (χ1n) is 10.1. The van der Waals surface area contributed by atoms with Crippen molar-refractivity contribution in [3.8, 4) is 0 Å². The maximum atomic E-state index is 13.6. The molecule has 30 heavy (non-hydrogen) atoms. The molecule has 2 aromatic carbocycles. The normalized spacial score (nSPS) is 18.2. The molecule has 0 saturated carbocycles. The zero-order valence-electron chi connectivity index (χ0n) is 17.3. The first kappa shape index (κ1) is 20.0. The van der Waals surface area contributed by atoms with Crippen LogP contribution in [-0.2, 0) is 17.8 Å². The lowest BCUT2D eigenvalue weighted by Crippen LogP contribution is -2.48. The number of aryl methyl sites for hydroxylation is 3. The summed E-state index contributed by atoms with van der Waals surface area (Å²) in [5.74, 6) is -1.14. The number of rotatable bonds is 4. The highest BCUT2D eigenvalue weighted by atomic mass is 19.1. The number of nitrogens with one attached hydrogen (secondary N) is 1. The Hall–Kier alpha value is -3.28. The Balaban J connectivity index is 1.79. The maximum absolute atomic E-state index is 13.6. The van der Waals surface area contributed by atoms with Gasteiger partial charge in [-0.3, -0.25) is 14.3 Å². The number of fused-ring (bicyclic) bond motifs is 1. The van der Waals surface area contributed by atoms with Gasteiger partial charge in [0, 0.05) is 29.3 Å². The Bertz CT molecular complexity index is 1120. The fraction of sp³-hybridized carbons (Fsp3) is 0.292. The molecular formula is C24H24FN3O2. The number of aromatic nitrogens is 2. The van der Waals surface area contributed by atoms with Crippen LogP contribution in [0.2, 0.25) is 0 Å². The van der Waals surface area contributed by atoms with E-state index in [1.807, 2.05) is 37.6 Å². The van der Waals surface area contributed by atoms with E-state index in [1.54, 1.807) is 24.3 Å². The van der Waals surface area contributed by atoms with E-state index in [4.69, 9.17) is 0 Å². The molecule has 1 N–H and O–H groups in total. The predicted octanol–water partition coefficient (Wildman–Crippen LogP) is 3.71. The van der Waals surface area contributed by atoms with E-state index in [2.05, 4.69) is 10.4 Å². The number of Topliss-reactive ketones (excluding diaryl/α,β-unsaturated/α-hetero) is 1. The SMILES string of the molecule is CCn1nc(C)c2c1CC(=O)[C@@H](NC(=O)c1cccc(C)c1)[C@H]2c1ccc(F)cc1. The number of amides is 1. The van der Waals surface area contributed by atoms with Crippen LogP contribution in [0.1, 0.15) is 51.3 Å². The number of halogens is 1. The van der Waals surface area contributed by atoms with Crippen molar-refractivity contribution < 1.29 is 14.0 Å². The van der Waals surface area contributed by atoms with Crippen LogP contribution in [0.5, 0.6) is 0 Å². The Morgan fingerprint density at radius 2 is 1.93 bits per heavy atom. The largest absolute Gasteiger partial charge is 0.341 e. The van der Waals surface area contributed by atoms with Crippen LogP contribution in [0, 0.1) is 19.7 Å². The zero-order valence-corrected chi connectivity index (χ0v) is 17.3. The molecule has 1 aromatic heterocycles. The smallest absolute Gasteiger partial charge is 0.251 e. The third-order valence-corrected chi connectivity index (χ3v) is 5.71. The van der Waals surface area contributed by atoms with Gasteiger partial charge >= 0.3 is 0 Å². The van der Waals surface area contributed by atoms with E-state index in [0.717, 1.165) is 28.1 Å². The summed E-state index contributed by atoms with van der Waals surface area (Å²) in [6.45, 7) is 6.46. The zero-order chi connectivity index (χ0) is 21.4. The lowest BCUT2D eigenvalue weighted by molar-refractivity contribution is -0.121. The molecule has 0 saturated heterocycles. The molecule has 0 bridgehead atoms. The second kappa shape index (κ2) is 7.86. The number of ketones is 1. The molecule has 1 heterocycles. The minimum Gasteiger partial charge on any atom is -0.341 e. The van der Waals surface area contributed by atoms with Gasteiger partial charge < -0.3 is 5.32 Å². The average Bonchev–Trinajstić information content (AvgIpc) is 3.04. The lowest BCUT2D eigenvalue weighted by atomic mass is 9.76. The summed E-state index contributed by atoms with van der Waals surface area (Å²) in [4.78, 5) is 26.1. The van der Waals surface area contributed by atoms with E-state index in [0.29, 0.717) is 12.1 Å². The van der Waals surface area contributed by atoms with Crippen molar-refractivity contribution >= 4 is 11.7 Å². The van der Waals surface area contributed by atoms with Gasteiger partial charge in [-0.25, -0.2) is 4.39 Å². The van der Waals surface area contributed by atoms with Gasteiger partial charge in [-0.05, 0) is 50.6 Å². The minimum absolute atomic E-state index is 0.0765. The molecule has 6 heteroatoms. The molecule has 0 radical (unpaired) electrons. The maximum Gasteiger partial charge on any atom is 0.251 e. The number of hydrogen-bond acceptors (Lipinski definition) is 3. The van der Waals surface area contributed by atoms with E-state index >= 15 is 0 Å². The molecule has 0 aliphatic heterocycles. The number of benzene rings is 2. The standard InChI is InChI=1S/C24H24FN3O2/c1-4-28-19-13-20(29)23(26-24(30)17-7-5-6-14(2)12-17)22(21(19)15(3)27-28)16-8-10-18(25)11-9-16/h5-12,22-23H,4,13H2,1-3H3,(H,26,30)/t22-,23+/m0/s1. The van der Waals surface area contributed by atoms with E-state index < -0.39 is 12.0 Å². The van der Waals surface area contributed by atoms with Crippen LogP contribution < -0.4 is 5.32 Å². The molecule has 0 fully saturated rings. The third kappa shape index (κ3) is 3.54. The van der Waals surface area contributed by atoms with Crippen LogP contribution in [-0.4, -0.2) is 27.5 Å². The molecule has 0 unspecified atom stereocenters. The van der Waals surface area contributed by atoms with Crippen LogP contribution in [0.25, 0.3) is 0 Å². The van der Waals surface area contributed by atoms with E-state index in [-0.39, 0.29) is 23.9 Å². The summed E-state index contributed by atoms with van der Waals surface area (Å²) in [7, 11) is 0. The summed E-state index contributed by atoms with van der Waals surface area (Å²) >= 11 is 0. The van der Waals surface area contributed by atoms with Crippen molar-refractivity contribution in [1.82, 2.24) is 15.1 Å². The summed E-state index contributed by atoms with van der Waals surface area (Å²) in [6.07, 6.45) is 0.209. The predicted molar refractivity (Wildman–Crippen MR) is 112 cm³/mol. The Morgan fingerprint density at radius 1 is 1.20 bits per heavy atom. The van der Waals surface area contributed by atoms with Crippen molar-refractivity contribution in [2.24, 2.45) is 0 Å². The van der Waals surface area contributed by atoms with Crippen molar-refractivity contribution in [1.29, 1.82) is 0 Å². The van der Waals surface area contributed by atoms with Crippen LogP contribution in [0.15, 0.2) is 48.5 Å². The quantitative estimate of drug-likeness (QED) is 0.720. The Labute approximate surface area is 174 Å². The molecule has 4 rings (SSSR count). The van der Waals surface area contributed by atoms with Gasteiger partial charge in [0.15, 0.2) is 5.78 Å². The van der Waals surface area contributed by atoms with Gasteiger partial charge in [0.25, 0.3) is 5.91 Å². The monoisotopic (exact) mass is 405 g/mol. The van der Waals surface area contributed by atoms with Crippen molar-refractivity contribution in [3.05, 3.63) is 88.0 Å². The van der Waals surface area contributed by atoms with E-state index in [1.165, 1.54) is 12.1 Å². The average molecular weight is 405 g/mol. The van der Waals surface area contributed by atoms with Crippen LogP contribution in [0.3, 0.4) is 0 Å². The highest BCUT2D eigenvalue weighted by molar-refractivity contribution is 5.99. The molecule has 3 aromatic rings. The van der Waals surface area contributed by atoms with Gasteiger partial charge in [0.1, 0.15) is 5.82 Å². The summed E-state index contributed by atoms with van der Waals surface area (Å²) in [6, 6.07) is 12.6.